The topological polar surface area (TPSA) is 57.6 Å². The van der Waals surface area contributed by atoms with Gasteiger partial charge in [0.1, 0.15) is 0 Å². The molecule has 4 nitrogen and oxygen atoms in total. The second-order valence-corrected chi connectivity index (χ2v) is 7.87. The molecule has 6 heteroatoms. The summed E-state index contributed by atoms with van der Waals surface area (Å²) in [6.07, 6.45) is 1.70. The van der Waals surface area contributed by atoms with Crippen LogP contribution >= 0.6 is 11.6 Å². The Morgan fingerprint density at radius 3 is 2.26 bits per heavy atom. The van der Waals surface area contributed by atoms with Crippen LogP contribution in [-0.4, -0.2) is 36.0 Å². The number of aliphatic hydroxyl groups is 1. The zero-order valence-electron chi connectivity index (χ0n) is 11.0. The molecule has 0 atom stereocenters. The second kappa shape index (κ2) is 5.05. The Balaban J connectivity index is 2.32. The standard InChI is InChI=1S/C13H18ClNO3S/c1-13(2,16)9-15(11-5-6-11)19(17,18)12-7-3-10(14)4-8-12/h3-4,7-8,11,16H,5-6,9H2,1-2H3. The summed E-state index contributed by atoms with van der Waals surface area (Å²) in [6, 6.07) is 6.12. The fraction of sp³-hybridized carbons (Fsp3) is 0.538. The third-order valence-corrected chi connectivity index (χ3v) is 5.08. The van der Waals surface area contributed by atoms with Crippen molar-refractivity contribution in [1.29, 1.82) is 0 Å². The third kappa shape index (κ3) is 3.69. The lowest BCUT2D eigenvalue weighted by Crippen LogP contribution is -2.43. The number of sulfonamides is 1. The number of rotatable bonds is 5. The van der Waals surface area contributed by atoms with Gasteiger partial charge in [-0.05, 0) is 51.0 Å². The maximum atomic E-state index is 12.6. The van der Waals surface area contributed by atoms with Crippen molar-refractivity contribution in [1.82, 2.24) is 4.31 Å². The van der Waals surface area contributed by atoms with Crippen molar-refractivity contribution in [2.24, 2.45) is 0 Å². The first kappa shape index (κ1) is 14.8. The molecule has 0 saturated heterocycles. The number of hydrogen-bond acceptors (Lipinski definition) is 3. The van der Waals surface area contributed by atoms with Gasteiger partial charge in [0, 0.05) is 17.6 Å². The largest absolute Gasteiger partial charge is 0.389 e. The molecule has 2 rings (SSSR count). The van der Waals surface area contributed by atoms with Crippen molar-refractivity contribution >= 4 is 21.6 Å². The van der Waals surface area contributed by atoms with Crippen molar-refractivity contribution in [3.05, 3.63) is 29.3 Å². The smallest absolute Gasteiger partial charge is 0.243 e. The van der Waals surface area contributed by atoms with Crippen LogP contribution in [0.3, 0.4) is 0 Å². The normalized spacial score (nSPS) is 16.9. The van der Waals surface area contributed by atoms with Crippen LogP contribution in [-0.2, 0) is 10.0 Å². The molecule has 1 aromatic carbocycles. The van der Waals surface area contributed by atoms with E-state index < -0.39 is 15.6 Å². The van der Waals surface area contributed by atoms with E-state index in [0.717, 1.165) is 12.8 Å². The quantitative estimate of drug-likeness (QED) is 0.908. The van der Waals surface area contributed by atoms with Gasteiger partial charge in [0.25, 0.3) is 0 Å². The Kier molecular flexibility index (Phi) is 3.93. The van der Waals surface area contributed by atoms with Gasteiger partial charge in [-0.1, -0.05) is 11.6 Å². The molecule has 1 aliphatic carbocycles. The summed E-state index contributed by atoms with van der Waals surface area (Å²) in [6.45, 7) is 3.32. The zero-order chi connectivity index (χ0) is 14.3. The fourth-order valence-electron chi connectivity index (χ4n) is 1.90. The van der Waals surface area contributed by atoms with E-state index in [0.29, 0.717) is 5.02 Å². The lowest BCUT2D eigenvalue weighted by molar-refractivity contribution is 0.0575. The molecule has 0 bridgehead atoms. The van der Waals surface area contributed by atoms with Crippen LogP contribution in [0, 0.1) is 0 Å². The Bertz CT molecular complexity index is 544. The number of nitrogens with zero attached hydrogens (tertiary/aromatic N) is 1. The monoisotopic (exact) mass is 303 g/mol. The average Bonchev–Trinajstić information content (AvgIpc) is 3.09. The molecule has 19 heavy (non-hydrogen) atoms. The van der Waals surface area contributed by atoms with Gasteiger partial charge in [-0.25, -0.2) is 8.42 Å². The van der Waals surface area contributed by atoms with Crippen molar-refractivity contribution in [2.75, 3.05) is 6.54 Å². The van der Waals surface area contributed by atoms with Crippen LogP contribution in [0.15, 0.2) is 29.2 Å². The minimum absolute atomic E-state index is 0.00658. The van der Waals surface area contributed by atoms with E-state index in [9.17, 15) is 13.5 Å². The summed E-state index contributed by atoms with van der Waals surface area (Å²) < 4.78 is 26.5. The van der Waals surface area contributed by atoms with Gasteiger partial charge in [-0.2, -0.15) is 4.31 Å². The molecular formula is C13H18ClNO3S. The molecule has 0 aromatic heterocycles. The lowest BCUT2D eigenvalue weighted by Gasteiger charge is -2.28. The first-order chi connectivity index (χ1) is 8.70. The van der Waals surface area contributed by atoms with Crippen molar-refractivity contribution in [2.45, 2.75) is 43.2 Å². The van der Waals surface area contributed by atoms with Crippen LogP contribution in [0.4, 0.5) is 0 Å². The van der Waals surface area contributed by atoms with E-state index in [-0.39, 0.29) is 17.5 Å². The van der Waals surface area contributed by atoms with Gasteiger partial charge in [0.2, 0.25) is 10.0 Å². The van der Waals surface area contributed by atoms with Crippen LogP contribution in [0.2, 0.25) is 5.02 Å². The van der Waals surface area contributed by atoms with E-state index in [1.807, 2.05) is 0 Å². The molecule has 1 N–H and O–H groups in total. The van der Waals surface area contributed by atoms with E-state index >= 15 is 0 Å². The third-order valence-electron chi connectivity index (χ3n) is 2.92. The molecule has 0 aliphatic heterocycles. The summed E-state index contributed by atoms with van der Waals surface area (Å²) in [5, 5.41) is 10.4. The van der Waals surface area contributed by atoms with Gasteiger partial charge in [0.05, 0.1) is 10.5 Å². The van der Waals surface area contributed by atoms with Crippen LogP contribution in [0.25, 0.3) is 0 Å². The molecular weight excluding hydrogens is 286 g/mol. The SMILES string of the molecule is CC(C)(O)CN(C1CC1)S(=O)(=O)c1ccc(Cl)cc1. The molecule has 0 radical (unpaired) electrons. The van der Waals surface area contributed by atoms with Crippen molar-refractivity contribution in [3.63, 3.8) is 0 Å². The lowest BCUT2D eigenvalue weighted by atomic mass is 10.1. The first-order valence-electron chi connectivity index (χ1n) is 6.20. The minimum atomic E-state index is -3.57. The Labute approximate surface area is 119 Å². The predicted molar refractivity (Wildman–Crippen MR) is 74.7 cm³/mol. The molecule has 1 aliphatic rings. The van der Waals surface area contributed by atoms with E-state index in [4.69, 9.17) is 11.6 Å². The highest BCUT2D eigenvalue weighted by atomic mass is 35.5. The van der Waals surface area contributed by atoms with Gasteiger partial charge < -0.3 is 5.11 Å². The summed E-state index contributed by atoms with van der Waals surface area (Å²) in [5.41, 5.74) is -1.05. The highest BCUT2D eigenvalue weighted by molar-refractivity contribution is 7.89. The molecule has 1 fully saturated rings. The van der Waals surface area contributed by atoms with Crippen molar-refractivity contribution < 1.29 is 13.5 Å². The van der Waals surface area contributed by atoms with E-state index in [1.54, 1.807) is 26.0 Å². The highest BCUT2D eigenvalue weighted by Gasteiger charge is 2.40. The van der Waals surface area contributed by atoms with Crippen LogP contribution in [0.1, 0.15) is 26.7 Å². The maximum Gasteiger partial charge on any atom is 0.243 e. The Hall–Kier alpha value is -0.620. The first-order valence-corrected chi connectivity index (χ1v) is 8.02. The Morgan fingerprint density at radius 1 is 1.32 bits per heavy atom. The molecule has 0 unspecified atom stereocenters. The average molecular weight is 304 g/mol. The zero-order valence-corrected chi connectivity index (χ0v) is 12.6. The molecule has 1 saturated carbocycles. The van der Waals surface area contributed by atoms with Gasteiger partial charge in [-0.3, -0.25) is 0 Å². The van der Waals surface area contributed by atoms with Crippen LogP contribution in [0.5, 0.6) is 0 Å². The molecule has 0 spiro atoms. The Morgan fingerprint density at radius 2 is 1.84 bits per heavy atom. The number of halogens is 1. The number of benzene rings is 1. The molecule has 106 valence electrons. The van der Waals surface area contributed by atoms with Gasteiger partial charge in [-0.15, -0.1) is 0 Å². The van der Waals surface area contributed by atoms with E-state index in [2.05, 4.69) is 0 Å². The summed E-state index contributed by atoms with van der Waals surface area (Å²) in [7, 11) is -3.57. The second-order valence-electron chi connectivity index (χ2n) is 5.55. The molecule has 0 amide bonds. The minimum Gasteiger partial charge on any atom is -0.389 e. The summed E-state index contributed by atoms with van der Waals surface area (Å²) in [5.74, 6) is 0. The van der Waals surface area contributed by atoms with E-state index in [1.165, 1.54) is 16.4 Å². The fourth-order valence-corrected chi connectivity index (χ4v) is 3.86. The maximum absolute atomic E-state index is 12.6. The highest BCUT2D eigenvalue weighted by Crippen LogP contribution is 2.33. The summed E-state index contributed by atoms with van der Waals surface area (Å²) in [4.78, 5) is 0.216. The molecule has 0 heterocycles. The van der Waals surface area contributed by atoms with Gasteiger partial charge in [0.15, 0.2) is 0 Å². The summed E-state index contributed by atoms with van der Waals surface area (Å²) >= 11 is 5.77. The van der Waals surface area contributed by atoms with Crippen LogP contribution < -0.4 is 0 Å². The molecule has 1 aromatic rings. The predicted octanol–water partition coefficient (Wildman–Crippen LogP) is 2.26. The van der Waals surface area contributed by atoms with Gasteiger partial charge >= 0.3 is 0 Å². The van der Waals surface area contributed by atoms with Crippen molar-refractivity contribution in [3.8, 4) is 0 Å². The number of hydrogen-bond donors (Lipinski definition) is 1.